The molecular weight excluding hydrogens is 573 g/mol. The van der Waals surface area contributed by atoms with Gasteiger partial charge in [0.2, 0.25) is 0 Å². The van der Waals surface area contributed by atoms with Crippen molar-refractivity contribution in [1.82, 2.24) is 0 Å². The number of ketones is 1. The molecule has 38 heavy (non-hydrogen) atoms. The minimum absolute atomic E-state index is 0.0255. The fraction of sp³-hybridized carbons (Fsp3) is 0.333. The van der Waals surface area contributed by atoms with Gasteiger partial charge in [-0.2, -0.15) is 0 Å². The van der Waals surface area contributed by atoms with Crippen LogP contribution in [0.3, 0.4) is 0 Å². The fourth-order valence-corrected chi connectivity index (χ4v) is 7.68. The summed E-state index contributed by atoms with van der Waals surface area (Å²) in [6.45, 7) is 0. The summed E-state index contributed by atoms with van der Waals surface area (Å²) in [5.41, 5.74) is 0.248. The van der Waals surface area contributed by atoms with Crippen LogP contribution in [0.5, 0.6) is 5.75 Å². The highest BCUT2D eigenvalue weighted by Crippen LogP contribution is 2.49. The van der Waals surface area contributed by atoms with Gasteiger partial charge in [-0.1, -0.05) is 53.4 Å². The highest BCUT2D eigenvalue weighted by molar-refractivity contribution is 7.93. The summed E-state index contributed by atoms with van der Waals surface area (Å²) >= 11 is 18.2. The zero-order valence-electron chi connectivity index (χ0n) is 20.1. The van der Waals surface area contributed by atoms with Gasteiger partial charge in [0.1, 0.15) is 16.4 Å². The molecule has 0 amide bonds. The third kappa shape index (κ3) is 5.32. The van der Waals surface area contributed by atoms with Crippen molar-refractivity contribution in [1.29, 1.82) is 0 Å². The number of hydrogen-bond acceptors (Lipinski definition) is 6. The lowest BCUT2D eigenvalue weighted by Crippen LogP contribution is -2.21. The van der Waals surface area contributed by atoms with Gasteiger partial charge in [0.05, 0.1) is 21.2 Å². The van der Waals surface area contributed by atoms with Crippen molar-refractivity contribution in [2.75, 3.05) is 4.72 Å². The van der Waals surface area contributed by atoms with Crippen molar-refractivity contribution in [3.8, 4) is 5.75 Å². The van der Waals surface area contributed by atoms with E-state index in [1.165, 1.54) is 12.1 Å². The van der Waals surface area contributed by atoms with E-state index < -0.39 is 21.6 Å². The van der Waals surface area contributed by atoms with E-state index in [9.17, 15) is 23.1 Å². The molecule has 5 rings (SSSR count). The summed E-state index contributed by atoms with van der Waals surface area (Å²) in [4.78, 5) is 25.7. The van der Waals surface area contributed by atoms with Gasteiger partial charge in [0.25, 0.3) is 10.0 Å². The Morgan fingerprint density at radius 3 is 2.34 bits per heavy atom. The van der Waals surface area contributed by atoms with Gasteiger partial charge in [-0.05, 0) is 61.4 Å². The molecule has 0 spiro atoms. The Morgan fingerprint density at radius 2 is 1.66 bits per heavy atom. The minimum atomic E-state index is -4.19. The van der Waals surface area contributed by atoms with Gasteiger partial charge in [0, 0.05) is 29.5 Å². The number of nitrogens with one attached hydrogen (secondary N) is 1. The summed E-state index contributed by atoms with van der Waals surface area (Å²) in [5, 5.41) is 11.2. The van der Waals surface area contributed by atoms with Crippen LogP contribution in [0.4, 0.5) is 5.69 Å². The molecule has 1 fully saturated rings. The molecule has 0 saturated heterocycles. The van der Waals surface area contributed by atoms with Gasteiger partial charge >= 0.3 is 5.63 Å². The smallest absolute Gasteiger partial charge is 0.343 e. The SMILES string of the molecule is O=C1CCCCCc2oc(=O)c(C(c3cccc(NS(=O)(=O)c4c(Cl)cc(Cl)cc4Cl)c3)C3CC3)c(O)c21. The number of rotatable bonds is 6. The standard InChI is InChI=1S/C27H24Cl3NO6S/c28-16-12-18(29)26(19(30)13-16)38(35,36)31-17-6-4-5-15(11-17)22(14-9-10-14)24-25(33)23-20(32)7-2-1-3-8-21(23)37-27(24)34/h4-6,11-14,22,31,33H,1-3,7-10H2. The Balaban J connectivity index is 1.56. The van der Waals surface area contributed by atoms with Gasteiger partial charge in [-0.3, -0.25) is 9.52 Å². The van der Waals surface area contributed by atoms with Crippen molar-refractivity contribution in [2.24, 2.45) is 5.92 Å². The number of benzene rings is 2. The lowest BCUT2D eigenvalue weighted by Gasteiger charge is -2.21. The van der Waals surface area contributed by atoms with E-state index in [0.29, 0.717) is 18.4 Å². The molecule has 1 atom stereocenters. The van der Waals surface area contributed by atoms with Crippen LogP contribution >= 0.6 is 34.8 Å². The normalized spacial score (nSPS) is 16.9. The first-order valence-electron chi connectivity index (χ1n) is 12.3. The molecule has 3 aromatic rings. The van der Waals surface area contributed by atoms with Crippen LogP contribution in [0.2, 0.25) is 15.1 Å². The van der Waals surface area contributed by atoms with Gasteiger partial charge < -0.3 is 9.52 Å². The average molecular weight is 597 g/mol. The van der Waals surface area contributed by atoms with Crippen LogP contribution in [0, 0.1) is 5.92 Å². The van der Waals surface area contributed by atoms with Crippen molar-refractivity contribution in [3.63, 3.8) is 0 Å². The first-order chi connectivity index (χ1) is 18.1. The summed E-state index contributed by atoms with van der Waals surface area (Å²) in [5.74, 6) is -0.894. The largest absolute Gasteiger partial charge is 0.506 e. The van der Waals surface area contributed by atoms with E-state index in [4.69, 9.17) is 39.2 Å². The average Bonchev–Trinajstić information content (AvgIpc) is 3.64. The summed E-state index contributed by atoms with van der Waals surface area (Å²) in [7, 11) is -4.19. The van der Waals surface area contributed by atoms with Crippen molar-refractivity contribution in [3.05, 3.63) is 84.3 Å². The number of aryl methyl sites for hydroxylation is 1. The Kier molecular flexibility index (Phi) is 7.52. The van der Waals surface area contributed by atoms with Crippen LogP contribution in [-0.2, 0) is 16.4 Å². The van der Waals surface area contributed by atoms with Gasteiger partial charge in [-0.15, -0.1) is 0 Å². The Morgan fingerprint density at radius 1 is 0.974 bits per heavy atom. The third-order valence-electron chi connectivity index (χ3n) is 6.93. The van der Waals surface area contributed by atoms with Crippen molar-refractivity contribution < 1.29 is 22.7 Å². The molecule has 2 aliphatic carbocycles. The van der Waals surface area contributed by atoms with Gasteiger partial charge in [-0.25, -0.2) is 13.2 Å². The molecule has 2 aliphatic rings. The van der Waals surface area contributed by atoms with E-state index in [0.717, 1.165) is 25.7 Å². The first kappa shape index (κ1) is 27.1. The molecule has 11 heteroatoms. The molecule has 200 valence electrons. The fourth-order valence-electron chi connectivity index (χ4n) is 5.08. The highest BCUT2D eigenvalue weighted by atomic mass is 35.5. The zero-order chi connectivity index (χ0) is 27.2. The van der Waals surface area contributed by atoms with E-state index in [2.05, 4.69) is 4.72 Å². The molecule has 7 nitrogen and oxygen atoms in total. The summed E-state index contributed by atoms with van der Waals surface area (Å²) < 4.78 is 34.4. The van der Waals surface area contributed by atoms with E-state index in [1.54, 1.807) is 24.3 Å². The number of carbonyl (C=O) groups excluding carboxylic acids is 1. The molecule has 1 aromatic heterocycles. The predicted molar refractivity (Wildman–Crippen MR) is 146 cm³/mol. The second-order valence-corrected chi connectivity index (χ2v) is 12.5. The second-order valence-electron chi connectivity index (χ2n) is 9.68. The maximum atomic E-state index is 13.2. The maximum absolute atomic E-state index is 13.2. The zero-order valence-corrected chi connectivity index (χ0v) is 23.2. The number of aromatic hydroxyl groups is 1. The molecule has 2 aromatic carbocycles. The lowest BCUT2D eigenvalue weighted by atomic mass is 9.85. The Bertz CT molecular complexity index is 1570. The first-order valence-corrected chi connectivity index (χ1v) is 14.9. The number of hydrogen-bond donors (Lipinski definition) is 2. The maximum Gasteiger partial charge on any atom is 0.343 e. The van der Waals surface area contributed by atoms with E-state index >= 15 is 0 Å². The van der Waals surface area contributed by atoms with Crippen LogP contribution in [-0.4, -0.2) is 19.3 Å². The Hall–Kier alpha value is -2.52. The van der Waals surface area contributed by atoms with Crippen LogP contribution in [0.1, 0.15) is 71.7 Å². The molecular formula is C27H24Cl3NO6S. The minimum Gasteiger partial charge on any atom is -0.506 e. The third-order valence-corrected chi connectivity index (χ3v) is 9.45. The quantitative estimate of drug-likeness (QED) is 0.318. The number of carbonyl (C=O) groups is 1. The topological polar surface area (TPSA) is 114 Å². The molecule has 1 heterocycles. The van der Waals surface area contributed by atoms with Crippen molar-refractivity contribution >= 4 is 56.3 Å². The number of halogens is 3. The van der Waals surface area contributed by atoms with Crippen LogP contribution in [0.15, 0.2) is 50.5 Å². The molecule has 0 radical (unpaired) electrons. The number of Topliss-reactive ketones (excluding diaryl/α,β-unsaturated/α-hetero) is 1. The Labute approximate surface area is 234 Å². The number of fused-ring (bicyclic) bond motifs is 1. The summed E-state index contributed by atoms with van der Waals surface area (Å²) in [6.07, 6.45) is 4.61. The van der Waals surface area contributed by atoms with Gasteiger partial charge in [0.15, 0.2) is 5.78 Å². The molecule has 0 aliphatic heterocycles. The molecule has 2 N–H and O–H groups in total. The van der Waals surface area contributed by atoms with Crippen molar-refractivity contribution in [2.45, 2.75) is 55.8 Å². The van der Waals surface area contributed by atoms with E-state index in [-0.39, 0.29) is 66.4 Å². The second kappa shape index (κ2) is 10.6. The molecule has 1 saturated carbocycles. The van der Waals surface area contributed by atoms with Crippen LogP contribution < -0.4 is 10.3 Å². The monoisotopic (exact) mass is 595 g/mol. The number of anilines is 1. The molecule has 1 unspecified atom stereocenters. The van der Waals surface area contributed by atoms with Crippen LogP contribution in [0.25, 0.3) is 0 Å². The predicted octanol–water partition coefficient (Wildman–Crippen LogP) is 6.95. The lowest BCUT2D eigenvalue weighted by molar-refractivity contribution is 0.0968. The molecule has 0 bridgehead atoms. The number of sulfonamides is 1. The summed E-state index contributed by atoms with van der Waals surface area (Å²) in [6, 6.07) is 9.11. The van der Waals surface area contributed by atoms with E-state index in [1.807, 2.05) is 0 Å². The highest BCUT2D eigenvalue weighted by Gasteiger charge is 2.39.